The van der Waals surface area contributed by atoms with Crippen molar-refractivity contribution < 1.29 is 4.79 Å². The van der Waals surface area contributed by atoms with E-state index in [0.29, 0.717) is 0 Å². The topological polar surface area (TPSA) is 59.0 Å². The Bertz CT molecular complexity index is 898. The van der Waals surface area contributed by atoms with Gasteiger partial charge in [-0.15, -0.1) is 0 Å². The first kappa shape index (κ1) is 18.4. The van der Waals surface area contributed by atoms with E-state index in [-0.39, 0.29) is 11.9 Å². The molecule has 0 aliphatic carbocycles. The van der Waals surface area contributed by atoms with Crippen molar-refractivity contribution in [3.8, 4) is 11.1 Å². The molecule has 2 heterocycles. The average Bonchev–Trinajstić information content (AvgIpc) is 3.30. The fourth-order valence-electron chi connectivity index (χ4n) is 3.93. The number of amides is 1. The maximum atomic E-state index is 13.3. The van der Waals surface area contributed by atoms with Crippen molar-refractivity contribution in [3.05, 3.63) is 78.6 Å². The van der Waals surface area contributed by atoms with Gasteiger partial charge in [-0.1, -0.05) is 54.6 Å². The Labute approximate surface area is 165 Å². The van der Waals surface area contributed by atoms with Crippen LogP contribution in [0.1, 0.15) is 31.4 Å². The summed E-state index contributed by atoms with van der Waals surface area (Å²) in [7, 11) is 0. The summed E-state index contributed by atoms with van der Waals surface area (Å²) in [6, 6.07) is 20.5. The summed E-state index contributed by atoms with van der Waals surface area (Å²) in [5.41, 5.74) is 2.84. The van der Waals surface area contributed by atoms with Gasteiger partial charge < -0.3 is 10.6 Å². The van der Waals surface area contributed by atoms with E-state index in [1.54, 1.807) is 6.20 Å². The average molecular weight is 374 g/mol. The second-order valence-corrected chi connectivity index (χ2v) is 7.42. The van der Waals surface area contributed by atoms with Gasteiger partial charge in [0.05, 0.1) is 6.04 Å². The van der Waals surface area contributed by atoms with E-state index in [1.165, 1.54) is 11.1 Å². The molecular weight excluding hydrogens is 348 g/mol. The second-order valence-electron chi connectivity index (χ2n) is 7.42. The monoisotopic (exact) mass is 374 g/mol. The Hall–Kier alpha value is -2.92. The first-order valence-corrected chi connectivity index (χ1v) is 9.86. The molecule has 1 saturated heterocycles. The fourth-order valence-corrected chi connectivity index (χ4v) is 3.93. The molecule has 4 rings (SSSR count). The van der Waals surface area contributed by atoms with E-state index in [2.05, 4.69) is 52.1 Å². The molecule has 1 amide bonds. The smallest absolute Gasteiger partial charge is 0.248 e. The Kier molecular flexibility index (Phi) is 5.26. The molecule has 1 fully saturated rings. The number of carbonyl (C=O) groups excluding carboxylic acids is 1. The van der Waals surface area contributed by atoms with Crippen molar-refractivity contribution in [3.63, 3.8) is 0 Å². The van der Waals surface area contributed by atoms with E-state index in [4.69, 9.17) is 0 Å². The summed E-state index contributed by atoms with van der Waals surface area (Å²) in [6.07, 6.45) is 5.10. The molecule has 5 heteroatoms. The van der Waals surface area contributed by atoms with Gasteiger partial charge in [-0.2, -0.15) is 5.10 Å². The second kappa shape index (κ2) is 7.98. The van der Waals surface area contributed by atoms with Gasteiger partial charge in [0.2, 0.25) is 5.91 Å². The lowest BCUT2D eigenvalue weighted by Crippen LogP contribution is -2.55. The predicted molar refractivity (Wildman–Crippen MR) is 111 cm³/mol. The first-order valence-electron chi connectivity index (χ1n) is 9.86. The van der Waals surface area contributed by atoms with Gasteiger partial charge >= 0.3 is 0 Å². The first-order chi connectivity index (χ1) is 13.7. The third-order valence-corrected chi connectivity index (χ3v) is 5.66. The lowest BCUT2D eigenvalue weighted by Gasteiger charge is -2.37. The van der Waals surface area contributed by atoms with E-state index < -0.39 is 5.54 Å². The lowest BCUT2D eigenvalue weighted by atomic mass is 9.87. The molecule has 28 heavy (non-hydrogen) atoms. The van der Waals surface area contributed by atoms with Crippen LogP contribution in [-0.2, 0) is 10.3 Å². The molecule has 0 bridgehead atoms. The number of nitrogens with zero attached hydrogens (tertiary/aromatic N) is 2. The third kappa shape index (κ3) is 3.58. The van der Waals surface area contributed by atoms with Crippen molar-refractivity contribution in [1.29, 1.82) is 0 Å². The molecule has 0 saturated carbocycles. The van der Waals surface area contributed by atoms with Gasteiger partial charge in [0, 0.05) is 12.4 Å². The number of hydrogen-bond acceptors (Lipinski definition) is 3. The molecule has 1 unspecified atom stereocenters. The van der Waals surface area contributed by atoms with E-state index in [1.807, 2.05) is 42.1 Å². The van der Waals surface area contributed by atoms with Crippen molar-refractivity contribution >= 4 is 5.91 Å². The zero-order chi connectivity index (χ0) is 19.4. The molecule has 1 aliphatic heterocycles. The number of piperidine rings is 1. The van der Waals surface area contributed by atoms with Crippen LogP contribution in [0.5, 0.6) is 0 Å². The van der Waals surface area contributed by atoms with Crippen molar-refractivity contribution in [2.75, 3.05) is 13.1 Å². The summed E-state index contributed by atoms with van der Waals surface area (Å²) in [5, 5.41) is 11.0. The number of hydrogen-bond donors (Lipinski definition) is 2. The van der Waals surface area contributed by atoms with Gasteiger partial charge in [0.15, 0.2) is 0 Å². The van der Waals surface area contributed by atoms with Gasteiger partial charge in [-0.05, 0) is 55.6 Å². The Morgan fingerprint density at radius 1 is 1.04 bits per heavy atom. The zero-order valence-electron chi connectivity index (χ0n) is 16.1. The van der Waals surface area contributed by atoms with Gasteiger partial charge in [-0.25, -0.2) is 0 Å². The molecule has 2 N–H and O–H groups in total. The maximum absolute atomic E-state index is 13.3. The van der Waals surface area contributed by atoms with Crippen LogP contribution < -0.4 is 10.6 Å². The molecule has 1 aliphatic rings. The predicted octanol–water partition coefficient (Wildman–Crippen LogP) is 3.51. The molecule has 5 nitrogen and oxygen atoms in total. The van der Waals surface area contributed by atoms with Crippen molar-refractivity contribution in [2.45, 2.75) is 31.3 Å². The lowest BCUT2D eigenvalue weighted by molar-refractivity contribution is -0.132. The minimum Gasteiger partial charge on any atom is -0.347 e. The molecule has 1 aromatic heterocycles. The molecule has 0 spiro atoms. The fraction of sp³-hybridized carbons (Fsp3) is 0.304. The Morgan fingerprint density at radius 3 is 2.36 bits per heavy atom. The minimum absolute atomic E-state index is 0.0392. The molecule has 144 valence electrons. The van der Waals surface area contributed by atoms with Crippen LogP contribution in [0.3, 0.4) is 0 Å². The highest BCUT2D eigenvalue weighted by atomic mass is 16.2. The highest BCUT2D eigenvalue weighted by molar-refractivity contribution is 5.85. The summed E-state index contributed by atoms with van der Waals surface area (Å²) < 4.78 is 1.83. The van der Waals surface area contributed by atoms with Crippen LogP contribution in [0.25, 0.3) is 11.1 Å². The van der Waals surface area contributed by atoms with Gasteiger partial charge in [-0.3, -0.25) is 9.48 Å². The standard InChI is InChI=1S/C23H26N4O/c1-18(19-8-10-21(11-9-19)20-6-3-2-4-7-20)26-22(28)23(12-15-24-16-13-23)27-17-5-14-25-27/h2-11,14,17-18,24H,12-13,15-16H2,1H3,(H,26,28). The highest BCUT2D eigenvalue weighted by Crippen LogP contribution is 2.29. The van der Waals surface area contributed by atoms with Crippen molar-refractivity contribution in [1.82, 2.24) is 20.4 Å². The number of benzene rings is 2. The molecule has 2 aromatic carbocycles. The summed E-state index contributed by atoms with van der Waals surface area (Å²) in [4.78, 5) is 13.3. The summed E-state index contributed by atoms with van der Waals surface area (Å²) in [6.45, 7) is 3.66. The quantitative estimate of drug-likeness (QED) is 0.719. The molecule has 0 radical (unpaired) electrons. The summed E-state index contributed by atoms with van der Waals surface area (Å²) >= 11 is 0. The Morgan fingerprint density at radius 2 is 1.71 bits per heavy atom. The number of carbonyl (C=O) groups is 1. The number of rotatable bonds is 5. The van der Waals surface area contributed by atoms with E-state index >= 15 is 0 Å². The van der Waals surface area contributed by atoms with Crippen LogP contribution in [-0.4, -0.2) is 28.8 Å². The van der Waals surface area contributed by atoms with Gasteiger partial charge in [0.25, 0.3) is 0 Å². The summed E-state index contributed by atoms with van der Waals surface area (Å²) in [5.74, 6) is 0.0392. The maximum Gasteiger partial charge on any atom is 0.248 e. The Balaban J connectivity index is 1.51. The van der Waals surface area contributed by atoms with Crippen LogP contribution in [0, 0.1) is 0 Å². The number of nitrogens with one attached hydrogen (secondary N) is 2. The minimum atomic E-state index is -0.618. The highest BCUT2D eigenvalue weighted by Gasteiger charge is 2.42. The van der Waals surface area contributed by atoms with Crippen molar-refractivity contribution in [2.24, 2.45) is 0 Å². The van der Waals surface area contributed by atoms with Crippen LogP contribution in [0.2, 0.25) is 0 Å². The normalized spacial score (nSPS) is 17.0. The molecular formula is C23H26N4O. The van der Waals surface area contributed by atoms with E-state index in [0.717, 1.165) is 31.5 Å². The third-order valence-electron chi connectivity index (χ3n) is 5.66. The molecule has 3 aromatic rings. The largest absolute Gasteiger partial charge is 0.347 e. The zero-order valence-corrected chi connectivity index (χ0v) is 16.1. The van der Waals surface area contributed by atoms with Crippen LogP contribution >= 0.6 is 0 Å². The number of aromatic nitrogens is 2. The SMILES string of the molecule is CC(NC(=O)C1(n2cccn2)CCNCC1)c1ccc(-c2ccccc2)cc1. The van der Waals surface area contributed by atoms with Crippen LogP contribution in [0.15, 0.2) is 73.1 Å². The molecule has 1 atom stereocenters. The van der Waals surface area contributed by atoms with E-state index in [9.17, 15) is 4.79 Å². The van der Waals surface area contributed by atoms with Gasteiger partial charge in [0.1, 0.15) is 5.54 Å². The van der Waals surface area contributed by atoms with Crippen LogP contribution in [0.4, 0.5) is 0 Å².